The van der Waals surface area contributed by atoms with E-state index in [1.165, 1.54) is 19.4 Å². The van der Waals surface area contributed by atoms with Crippen LogP contribution in [0.15, 0.2) is 53.5 Å². The van der Waals surface area contributed by atoms with Gasteiger partial charge in [-0.3, -0.25) is 9.59 Å². The van der Waals surface area contributed by atoms with E-state index >= 15 is 0 Å². The Kier molecular flexibility index (Phi) is 6.44. The molecule has 1 unspecified atom stereocenters. The van der Waals surface area contributed by atoms with E-state index in [0.717, 1.165) is 25.0 Å². The lowest BCUT2D eigenvalue weighted by Crippen LogP contribution is -2.38. The van der Waals surface area contributed by atoms with Crippen LogP contribution in [0.1, 0.15) is 28.9 Å². The molecule has 6 nitrogen and oxygen atoms in total. The number of pyridine rings is 1. The number of carbonyl (C=O) groups is 1. The summed E-state index contributed by atoms with van der Waals surface area (Å²) in [6, 6.07) is 11.2. The third-order valence-corrected chi connectivity index (χ3v) is 4.50. The lowest BCUT2D eigenvalue weighted by atomic mass is 10.2. The van der Waals surface area contributed by atoms with E-state index in [1.54, 1.807) is 4.90 Å². The largest absolute Gasteiger partial charge is 0.491 e. The predicted molar refractivity (Wildman–Crippen MR) is 104 cm³/mol. The molecule has 0 aliphatic carbocycles. The number of hydrogen-bond acceptors (Lipinski definition) is 4. The van der Waals surface area contributed by atoms with Gasteiger partial charge >= 0.3 is 0 Å². The fourth-order valence-corrected chi connectivity index (χ4v) is 3.07. The number of nitrogens with zero attached hydrogens (tertiary/aromatic N) is 1. The smallest absolute Gasteiger partial charge is 0.270 e. The Morgan fingerprint density at radius 1 is 1.37 bits per heavy atom. The molecule has 6 heteroatoms. The van der Waals surface area contributed by atoms with Crippen LogP contribution in [-0.4, -0.2) is 48.7 Å². The van der Waals surface area contributed by atoms with E-state index in [0.29, 0.717) is 13.1 Å². The summed E-state index contributed by atoms with van der Waals surface area (Å²) in [4.78, 5) is 29.5. The molecule has 0 bridgehead atoms. The van der Waals surface area contributed by atoms with Gasteiger partial charge in [0.2, 0.25) is 5.43 Å². The van der Waals surface area contributed by atoms with Crippen molar-refractivity contribution in [3.05, 3.63) is 70.2 Å². The Hall–Kier alpha value is -2.86. The molecule has 1 atom stereocenters. The molecule has 1 saturated heterocycles. The Balaban J connectivity index is 1.75. The van der Waals surface area contributed by atoms with Crippen LogP contribution in [0.4, 0.5) is 0 Å². The number of nitrogens with one attached hydrogen (secondary N) is 1. The molecule has 1 N–H and O–H groups in total. The van der Waals surface area contributed by atoms with Crippen LogP contribution in [0.5, 0.6) is 5.75 Å². The van der Waals surface area contributed by atoms with Crippen LogP contribution in [0.25, 0.3) is 6.08 Å². The number of carbonyl (C=O) groups excluding carboxylic acids is 1. The highest BCUT2D eigenvalue weighted by Crippen LogP contribution is 2.15. The van der Waals surface area contributed by atoms with Gasteiger partial charge in [-0.05, 0) is 18.4 Å². The maximum Gasteiger partial charge on any atom is 0.270 e. The van der Waals surface area contributed by atoms with E-state index < -0.39 is 0 Å². The van der Waals surface area contributed by atoms with Gasteiger partial charge in [-0.15, -0.1) is 0 Å². The molecule has 1 aromatic carbocycles. The van der Waals surface area contributed by atoms with Crippen molar-refractivity contribution in [3.63, 3.8) is 0 Å². The SMILES string of the molecule is COc1c[nH]c(C(=O)N(C/C=C/c2ccccc2)CC2CCCO2)cc1=O. The zero-order chi connectivity index (χ0) is 19.1. The van der Waals surface area contributed by atoms with Gasteiger partial charge in [0.1, 0.15) is 5.69 Å². The van der Waals surface area contributed by atoms with Gasteiger partial charge in [-0.2, -0.15) is 0 Å². The van der Waals surface area contributed by atoms with Crippen molar-refractivity contribution in [3.8, 4) is 5.75 Å². The van der Waals surface area contributed by atoms with Gasteiger partial charge in [0.05, 0.1) is 13.2 Å². The van der Waals surface area contributed by atoms with E-state index in [-0.39, 0.29) is 28.9 Å². The standard InChI is InChI=1S/C21H24N2O4/c1-26-20-14-22-18(13-19(20)24)21(25)23(15-17-10-6-12-27-17)11-5-9-16-7-3-2-4-8-16/h2-5,7-9,13-14,17H,6,10-12,15H2,1H3,(H,22,24)/b9-5+. The minimum Gasteiger partial charge on any atom is -0.491 e. The average molecular weight is 368 g/mol. The van der Waals surface area contributed by atoms with Crippen molar-refractivity contribution in [2.45, 2.75) is 18.9 Å². The zero-order valence-electron chi connectivity index (χ0n) is 15.4. The molecule has 0 radical (unpaired) electrons. The normalized spacial score (nSPS) is 16.6. The van der Waals surface area contributed by atoms with Crippen LogP contribution in [0.3, 0.4) is 0 Å². The minimum absolute atomic E-state index is 0.0315. The van der Waals surface area contributed by atoms with E-state index in [2.05, 4.69) is 4.98 Å². The van der Waals surface area contributed by atoms with Crippen LogP contribution in [0.2, 0.25) is 0 Å². The third-order valence-electron chi connectivity index (χ3n) is 4.50. The molecule has 1 aromatic heterocycles. The van der Waals surface area contributed by atoms with Gasteiger partial charge in [0.15, 0.2) is 5.75 Å². The Labute approximate surface area is 158 Å². The maximum absolute atomic E-state index is 13.0. The van der Waals surface area contributed by atoms with Crippen molar-refractivity contribution in [2.75, 3.05) is 26.8 Å². The van der Waals surface area contributed by atoms with Crippen molar-refractivity contribution < 1.29 is 14.3 Å². The maximum atomic E-state index is 13.0. The number of rotatable bonds is 7. The fraction of sp³-hybridized carbons (Fsp3) is 0.333. The first-order valence-corrected chi connectivity index (χ1v) is 9.06. The second kappa shape index (κ2) is 9.19. The highest BCUT2D eigenvalue weighted by molar-refractivity contribution is 5.92. The summed E-state index contributed by atoms with van der Waals surface area (Å²) in [6.07, 6.45) is 7.32. The summed E-state index contributed by atoms with van der Waals surface area (Å²) in [6.45, 7) is 1.65. The average Bonchev–Trinajstić information content (AvgIpc) is 3.20. The Bertz CT molecular complexity index is 839. The number of hydrogen-bond donors (Lipinski definition) is 1. The summed E-state index contributed by atoms with van der Waals surface area (Å²) >= 11 is 0. The number of aromatic amines is 1. The quantitative estimate of drug-likeness (QED) is 0.816. The van der Waals surface area contributed by atoms with Crippen molar-refractivity contribution >= 4 is 12.0 Å². The summed E-state index contributed by atoms with van der Waals surface area (Å²) < 4.78 is 10.6. The molecule has 27 heavy (non-hydrogen) atoms. The monoisotopic (exact) mass is 368 g/mol. The van der Waals surface area contributed by atoms with Gasteiger partial charge in [0.25, 0.3) is 5.91 Å². The fourth-order valence-electron chi connectivity index (χ4n) is 3.07. The van der Waals surface area contributed by atoms with E-state index in [9.17, 15) is 9.59 Å². The molecular formula is C21H24N2O4. The molecule has 2 aromatic rings. The first-order valence-electron chi connectivity index (χ1n) is 9.06. The molecule has 2 heterocycles. The van der Waals surface area contributed by atoms with Crippen LogP contribution < -0.4 is 10.2 Å². The highest BCUT2D eigenvalue weighted by atomic mass is 16.5. The molecular weight excluding hydrogens is 344 g/mol. The first kappa shape index (κ1) is 18.9. The summed E-state index contributed by atoms with van der Waals surface area (Å²) in [7, 11) is 1.42. The van der Waals surface area contributed by atoms with Gasteiger partial charge in [-0.1, -0.05) is 42.5 Å². The van der Waals surface area contributed by atoms with Crippen molar-refractivity contribution in [2.24, 2.45) is 0 Å². The Morgan fingerprint density at radius 2 is 2.19 bits per heavy atom. The van der Waals surface area contributed by atoms with Gasteiger partial charge < -0.3 is 19.4 Å². The molecule has 1 aliphatic heterocycles. The lowest BCUT2D eigenvalue weighted by Gasteiger charge is -2.24. The number of H-pyrrole nitrogens is 1. The number of ether oxygens (including phenoxy) is 2. The van der Waals surface area contributed by atoms with Gasteiger partial charge in [0, 0.05) is 32.0 Å². The first-order chi connectivity index (χ1) is 13.2. The number of methoxy groups -OCH3 is 1. The molecule has 1 aliphatic rings. The molecule has 0 spiro atoms. The Morgan fingerprint density at radius 3 is 2.85 bits per heavy atom. The number of aromatic nitrogens is 1. The summed E-state index contributed by atoms with van der Waals surface area (Å²) in [5, 5.41) is 0. The van der Waals surface area contributed by atoms with E-state index in [1.807, 2.05) is 42.5 Å². The lowest BCUT2D eigenvalue weighted by molar-refractivity contribution is 0.0549. The number of benzene rings is 1. The third kappa shape index (κ3) is 5.08. The topological polar surface area (TPSA) is 71.6 Å². The number of amides is 1. The summed E-state index contributed by atoms with van der Waals surface area (Å²) in [5.74, 6) is -0.0517. The highest BCUT2D eigenvalue weighted by Gasteiger charge is 2.23. The second-order valence-corrected chi connectivity index (χ2v) is 6.44. The van der Waals surface area contributed by atoms with Crippen LogP contribution in [-0.2, 0) is 4.74 Å². The molecule has 142 valence electrons. The molecule has 1 amide bonds. The molecule has 1 fully saturated rings. The van der Waals surface area contributed by atoms with Crippen molar-refractivity contribution in [1.82, 2.24) is 9.88 Å². The van der Waals surface area contributed by atoms with Crippen LogP contribution in [0, 0.1) is 0 Å². The molecule has 0 saturated carbocycles. The molecule has 3 rings (SSSR count). The minimum atomic E-state index is -0.323. The van der Waals surface area contributed by atoms with Gasteiger partial charge in [-0.25, -0.2) is 0 Å². The second-order valence-electron chi connectivity index (χ2n) is 6.44. The van der Waals surface area contributed by atoms with Crippen LogP contribution >= 0.6 is 0 Å². The predicted octanol–water partition coefficient (Wildman–Crippen LogP) is 2.72. The zero-order valence-corrected chi connectivity index (χ0v) is 15.4. The van der Waals surface area contributed by atoms with Crippen molar-refractivity contribution in [1.29, 1.82) is 0 Å². The van der Waals surface area contributed by atoms with E-state index in [4.69, 9.17) is 9.47 Å². The summed E-state index contributed by atoms with van der Waals surface area (Å²) in [5.41, 5.74) is 0.989.